The molecule has 2 heterocycles. The van der Waals surface area contributed by atoms with Gasteiger partial charge in [-0.05, 0) is 0 Å². The zero-order valence-electron chi connectivity index (χ0n) is 7.99. The van der Waals surface area contributed by atoms with Gasteiger partial charge in [0.15, 0.2) is 0 Å². The van der Waals surface area contributed by atoms with Crippen molar-refractivity contribution in [1.29, 1.82) is 0 Å². The van der Waals surface area contributed by atoms with E-state index in [4.69, 9.17) is 4.74 Å². The van der Waals surface area contributed by atoms with Crippen LogP contribution in [0.25, 0.3) is 0 Å². The summed E-state index contributed by atoms with van der Waals surface area (Å²) in [6.07, 6.45) is 0.688. The molecule has 1 unspecified atom stereocenters. The summed E-state index contributed by atoms with van der Waals surface area (Å²) < 4.78 is 5.43. The molecule has 2 amide bonds. The van der Waals surface area contributed by atoms with Crippen LogP contribution in [0.1, 0.15) is 12.8 Å². The fraction of sp³-hybridized carbons (Fsp3) is 0.778. The number of amides is 2. The van der Waals surface area contributed by atoms with Crippen molar-refractivity contribution in [2.75, 3.05) is 26.2 Å². The summed E-state index contributed by atoms with van der Waals surface area (Å²) in [6.45, 7) is 2.63. The van der Waals surface area contributed by atoms with Crippen molar-refractivity contribution in [3.8, 4) is 0 Å². The molecule has 0 bridgehead atoms. The van der Waals surface area contributed by atoms with E-state index < -0.39 is 0 Å². The standard InChI is InChI=1S/C9H14N2O3/c12-8-1-2-9(13)11(8)6-7-5-10-3-4-14-7/h7,10H,1-6H2. The summed E-state index contributed by atoms with van der Waals surface area (Å²) in [6, 6.07) is 0. The number of hydrogen-bond donors (Lipinski definition) is 1. The van der Waals surface area contributed by atoms with Crippen molar-refractivity contribution in [3.63, 3.8) is 0 Å². The normalized spacial score (nSPS) is 28.6. The van der Waals surface area contributed by atoms with Gasteiger partial charge in [0.1, 0.15) is 0 Å². The second kappa shape index (κ2) is 4.06. The number of likely N-dealkylation sites (tertiary alicyclic amines) is 1. The minimum Gasteiger partial charge on any atom is -0.374 e. The summed E-state index contributed by atoms with van der Waals surface area (Å²) in [5, 5.41) is 3.16. The van der Waals surface area contributed by atoms with E-state index in [2.05, 4.69) is 5.32 Å². The molecule has 5 nitrogen and oxygen atoms in total. The van der Waals surface area contributed by atoms with E-state index in [1.54, 1.807) is 0 Å². The monoisotopic (exact) mass is 198 g/mol. The second-order valence-corrected chi connectivity index (χ2v) is 3.60. The van der Waals surface area contributed by atoms with Gasteiger partial charge >= 0.3 is 0 Å². The Morgan fingerprint density at radius 1 is 1.36 bits per heavy atom. The molecule has 2 saturated heterocycles. The first-order valence-electron chi connectivity index (χ1n) is 4.93. The molecular formula is C9H14N2O3. The predicted octanol–water partition coefficient (Wildman–Crippen LogP) is -0.876. The van der Waals surface area contributed by atoms with E-state index in [1.165, 1.54) is 4.90 Å². The van der Waals surface area contributed by atoms with Crippen molar-refractivity contribution in [2.24, 2.45) is 0 Å². The van der Waals surface area contributed by atoms with E-state index in [9.17, 15) is 9.59 Å². The minimum atomic E-state index is -0.0656. The number of nitrogens with one attached hydrogen (secondary N) is 1. The Balaban J connectivity index is 1.89. The lowest BCUT2D eigenvalue weighted by molar-refractivity contribution is -0.141. The summed E-state index contributed by atoms with van der Waals surface area (Å²) in [4.78, 5) is 23.9. The number of morpholine rings is 1. The van der Waals surface area contributed by atoms with Gasteiger partial charge in [0.05, 0.1) is 19.3 Å². The first-order valence-corrected chi connectivity index (χ1v) is 4.93. The van der Waals surface area contributed by atoms with E-state index in [0.717, 1.165) is 13.1 Å². The third-order valence-electron chi connectivity index (χ3n) is 2.55. The fourth-order valence-electron chi connectivity index (χ4n) is 1.77. The van der Waals surface area contributed by atoms with Gasteiger partial charge < -0.3 is 10.1 Å². The van der Waals surface area contributed by atoms with Crippen LogP contribution in [-0.2, 0) is 14.3 Å². The molecule has 2 rings (SSSR count). The van der Waals surface area contributed by atoms with Crippen LogP contribution in [0.2, 0.25) is 0 Å². The van der Waals surface area contributed by atoms with Gasteiger partial charge in [-0.3, -0.25) is 14.5 Å². The largest absolute Gasteiger partial charge is 0.374 e. The second-order valence-electron chi connectivity index (χ2n) is 3.60. The Kier molecular flexibility index (Phi) is 2.79. The van der Waals surface area contributed by atoms with Gasteiger partial charge in [-0.1, -0.05) is 0 Å². The van der Waals surface area contributed by atoms with E-state index in [-0.39, 0.29) is 17.9 Å². The highest BCUT2D eigenvalue weighted by atomic mass is 16.5. The number of hydrogen-bond acceptors (Lipinski definition) is 4. The molecule has 1 N–H and O–H groups in total. The third kappa shape index (κ3) is 1.93. The van der Waals surface area contributed by atoms with Crippen LogP contribution in [-0.4, -0.2) is 49.1 Å². The van der Waals surface area contributed by atoms with Crippen LogP contribution in [0.3, 0.4) is 0 Å². The van der Waals surface area contributed by atoms with Crippen molar-refractivity contribution >= 4 is 11.8 Å². The predicted molar refractivity (Wildman–Crippen MR) is 48.6 cm³/mol. The van der Waals surface area contributed by atoms with E-state index in [1.807, 2.05) is 0 Å². The zero-order valence-corrected chi connectivity index (χ0v) is 7.99. The maximum absolute atomic E-state index is 11.3. The van der Waals surface area contributed by atoms with Crippen molar-refractivity contribution < 1.29 is 14.3 Å². The van der Waals surface area contributed by atoms with Gasteiger partial charge in [0.2, 0.25) is 11.8 Å². The molecule has 2 aliphatic heterocycles. The number of carbonyl (C=O) groups is 2. The lowest BCUT2D eigenvalue weighted by Gasteiger charge is -2.26. The number of carbonyl (C=O) groups excluding carboxylic acids is 2. The zero-order chi connectivity index (χ0) is 9.97. The molecule has 2 fully saturated rings. The summed E-state index contributed by atoms with van der Waals surface area (Å²) in [5.74, 6) is -0.131. The van der Waals surface area contributed by atoms with Gasteiger partial charge in [0.25, 0.3) is 0 Å². The van der Waals surface area contributed by atoms with Crippen molar-refractivity contribution in [3.05, 3.63) is 0 Å². The number of rotatable bonds is 2. The average Bonchev–Trinajstić information content (AvgIpc) is 2.51. The highest BCUT2D eigenvalue weighted by molar-refractivity contribution is 6.01. The molecule has 0 aromatic rings. The van der Waals surface area contributed by atoms with Crippen LogP contribution in [0.4, 0.5) is 0 Å². The molecule has 1 atom stereocenters. The van der Waals surface area contributed by atoms with Crippen LogP contribution in [0.5, 0.6) is 0 Å². The quantitative estimate of drug-likeness (QED) is 0.586. The topological polar surface area (TPSA) is 58.6 Å². The van der Waals surface area contributed by atoms with E-state index >= 15 is 0 Å². The van der Waals surface area contributed by atoms with Gasteiger partial charge in [0, 0.05) is 25.9 Å². The van der Waals surface area contributed by atoms with Crippen molar-refractivity contribution in [2.45, 2.75) is 18.9 Å². The molecule has 5 heteroatoms. The Labute approximate surface area is 82.4 Å². The Morgan fingerprint density at radius 2 is 2.07 bits per heavy atom. The SMILES string of the molecule is O=C1CCC(=O)N1CC1CNCCO1. The summed E-state index contributed by atoms with van der Waals surface area (Å²) >= 11 is 0. The maximum atomic E-state index is 11.3. The van der Waals surface area contributed by atoms with Crippen LogP contribution in [0.15, 0.2) is 0 Å². The third-order valence-corrected chi connectivity index (χ3v) is 2.55. The Morgan fingerprint density at radius 3 is 2.64 bits per heavy atom. The number of imide groups is 1. The van der Waals surface area contributed by atoms with Crippen LogP contribution >= 0.6 is 0 Å². The molecule has 0 aromatic carbocycles. The van der Waals surface area contributed by atoms with Crippen LogP contribution < -0.4 is 5.32 Å². The first-order chi connectivity index (χ1) is 6.77. The number of ether oxygens (including phenoxy) is 1. The lowest BCUT2D eigenvalue weighted by Crippen LogP contribution is -2.46. The average molecular weight is 198 g/mol. The highest BCUT2D eigenvalue weighted by Crippen LogP contribution is 2.13. The van der Waals surface area contributed by atoms with Gasteiger partial charge in [-0.25, -0.2) is 0 Å². The van der Waals surface area contributed by atoms with E-state index in [0.29, 0.717) is 26.0 Å². The molecule has 0 saturated carbocycles. The molecule has 0 spiro atoms. The van der Waals surface area contributed by atoms with Gasteiger partial charge in [-0.15, -0.1) is 0 Å². The van der Waals surface area contributed by atoms with Crippen LogP contribution in [0, 0.1) is 0 Å². The first kappa shape index (κ1) is 9.61. The minimum absolute atomic E-state index is 0.0326. The molecule has 78 valence electrons. The van der Waals surface area contributed by atoms with Gasteiger partial charge in [-0.2, -0.15) is 0 Å². The molecule has 2 aliphatic rings. The fourth-order valence-corrected chi connectivity index (χ4v) is 1.77. The summed E-state index contributed by atoms with van der Waals surface area (Å²) in [5.41, 5.74) is 0. The lowest BCUT2D eigenvalue weighted by atomic mass is 10.3. The Hall–Kier alpha value is -0.940. The smallest absolute Gasteiger partial charge is 0.229 e. The molecule has 14 heavy (non-hydrogen) atoms. The molecule has 0 aromatic heterocycles. The molecular weight excluding hydrogens is 184 g/mol. The molecule has 0 radical (unpaired) electrons. The maximum Gasteiger partial charge on any atom is 0.229 e. The Bertz CT molecular complexity index is 232. The summed E-state index contributed by atoms with van der Waals surface area (Å²) in [7, 11) is 0. The number of nitrogens with zero attached hydrogens (tertiary/aromatic N) is 1. The van der Waals surface area contributed by atoms with Crippen molar-refractivity contribution in [1.82, 2.24) is 10.2 Å². The highest BCUT2D eigenvalue weighted by Gasteiger charge is 2.31. The molecule has 0 aliphatic carbocycles.